The van der Waals surface area contributed by atoms with Crippen molar-refractivity contribution in [2.45, 2.75) is 50.9 Å². The van der Waals surface area contributed by atoms with E-state index in [-0.39, 0.29) is 17.9 Å². The fraction of sp³-hybridized carbons (Fsp3) is 0.476. The summed E-state index contributed by atoms with van der Waals surface area (Å²) in [6, 6.07) is 0.624. The number of hydrogen-bond acceptors (Lipinski definition) is 8. The lowest BCUT2D eigenvalue weighted by molar-refractivity contribution is -0.143. The Balaban J connectivity index is 2.97. The zero-order valence-corrected chi connectivity index (χ0v) is 19.6. The maximum absolute atomic E-state index is 12.8. The minimum atomic E-state index is -1.52. The fourth-order valence-corrected chi connectivity index (χ4v) is 3.03. The summed E-state index contributed by atoms with van der Waals surface area (Å²) in [6.45, 7) is 3.20. The molecule has 1 rings (SSSR count). The Morgan fingerprint density at radius 1 is 0.912 bits per heavy atom. The molecule has 0 bridgehead atoms. The normalized spacial score (nSPS) is 14.4. The number of phenolic OH excluding ortho intramolecular Hbond substituents is 1. The number of amides is 3. The van der Waals surface area contributed by atoms with Crippen LogP contribution in [0.4, 0.5) is 0 Å². The van der Waals surface area contributed by atoms with E-state index in [4.69, 9.17) is 10.8 Å². The van der Waals surface area contributed by atoms with Gasteiger partial charge in [-0.3, -0.25) is 19.2 Å². The van der Waals surface area contributed by atoms with Crippen LogP contribution in [0.2, 0.25) is 0 Å². The van der Waals surface area contributed by atoms with Gasteiger partial charge in [0.05, 0.1) is 12.5 Å². The lowest BCUT2D eigenvalue weighted by Gasteiger charge is -2.26. The van der Waals surface area contributed by atoms with Crippen LogP contribution >= 0.6 is 12.6 Å². The quantitative estimate of drug-likeness (QED) is 0.154. The zero-order chi connectivity index (χ0) is 26.0. The first-order valence-corrected chi connectivity index (χ1v) is 11.0. The number of carbonyl (C=O) groups is 5. The minimum absolute atomic E-state index is 0.000534. The Labute approximate surface area is 201 Å². The van der Waals surface area contributed by atoms with E-state index >= 15 is 0 Å². The molecule has 13 heteroatoms. The second-order valence-corrected chi connectivity index (χ2v) is 8.31. The monoisotopic (exact) mass is 498 g/mol. The Hall–Kier alpha value is -3.32. The van der Waals surface area contributed by atoms with Crippen molar-refractivity contribution in [3.05, 3.63) is 29.8 Å². The molecule has 0 aliphatic carbocycles. The van der Waals surface area contributed by atoms with E-state index in [1.807, 2.05) is 0 Å². The topological polar surface area (TPSA) is 208 Å². The number of aromatic hydroxyl groups is 1. The van der Waals surface area contributed by atoms with Crippen LogP contribution in [0, 0.1) is 5.92 Å². The molecule has 188 valence electrons. The summed E-state index contributed by atoms with van der Waals surface area (Å²) >= 11 is 3.88. The van der Waals surface area contributed by atoms with Gasteiger partial charge in [0.25, 0.3) is 0 Å². The number of carboxylic acids is 2. The maximum Gasteiger partial charge on any atom is 0.326 e. The van der Waals surface area contributed by atoms with E-state index in [0.717, 1.165) is 0 Å². The number of nitrogens with one attached hydrogen (secondary N) is 3. The molecule has 0 fully saturated rings. The zero-order valence-electron chi connectivity index (χ0n) is 18.7. The lowest BCUT2D eigenvalue weighted by atomic mass is 10.0. The van der Waals surface area contributed by atoms with E-state index in [2.05, 4.69) is 28.6 Å². The van der Waals surface area contributed by atoms with Crippen LogP contribution in [0.15, 0.2) is 24.3 Å². The van der Waals surface area contributed by atoms with Gasteiger partial charge in [-0.05, 0) is 23.6 Å². The van der Waals surface area contributed by atoms with E-state index in [1.54, 1.807) is 13.8 Å². The van der Waals surface area contributed by atoms with Crippen molar-refractivity contribution in [1.82, 2.24) is 16.0 Å². The number of benzene rings is 1. The average Bonchev–Trinajstić information content (AvgIpc) is 2.76. The smallest absolute Gasteiger partial charge is 0.326 e. The van der Waals surface area contributed by atoms with Crippen molar-refractivity contribution in [2.75, 3.05) is 5.75 Å². The molecule has 0 spiro atoms. The molecule has 34 heavy (non-hydrogen) atoms. The van der Waals surface area contributed by atoms with E-state index < -0.39 is 66.2 Å². The van der Waals surface area contributed by atoms with Gasteiger partial charge in [0.1, 0.15) is 23.9 Å². The Bertz CT molecular complexity index is 893. The molecule has 0 unspecified atom stereocenters. The SMILES string of the molecule is CC(C)[C@H](NC(=O)[C@H](CC(=O)O)NC(=O)[C@@H](N)CS)C(=O)N[C@@H](Cc1ccc(O)cc1)C(=O)O. The Kier molecular flexibility index (Phi) is 11.3. The summed E-state index contributed by atoms with van der Waals surface area (Å²) in [5, 5.41) is 35.0. The predicted octanol–water partition coefficient (Wildman–Crippen LogP) is -1.14. The van der Waals surface area contributed by atoms with Crippen LogP contribution in [0.1, 0.15) is 25.8 Å². The van der Waals surface area contributed by atoms with Crippen LogP contribution < -0.4 is 21.7 Å². The second kappa shape index (κ2) is 13.4. The second-order valence-electron chi connectivity index (χ2n) is 7.95. The van der Waals surface area contributed by atoms with Crippen LogP contribution in [0.3, 0.4) is 0 Å². The lowest BCUT2D eigenvalue weighted by Crippen LogP contribution is -2.59. The highest BCUT2D eigenvalue weighted by Gasteiger charge is 2.32. The van der Waals surface area contributed by atoms with Crippen molar-refractivity contribution in [3.8, 4) is 5.75 Å². The predicted molar refractivity (Wildman–Crippen MR) is 124 cm³/mol. The van der Waals surface area contributed by atoms with E-state index in [9.17, 15) is 34.2 Å². The third-order valence-electron chi connectivity index (χ3n) is 4.78. The molecular formula is C21H30N4O8S. The molecule has 0 aromatic heterocycles. The van der Waals surface area contributed by atoms with Gasteiger partial charge in [0.2, 0.25) is 17.7 Å². The number of thiol groups is 1. The number of phenols is 1. The van der Waals surface area contributed by atoms with Gasteiger partial charge in [0.15, 0.2) is 0 Å². The van der Waals surface area contributed by atoms with Crippen molar-refractivity contribution >= 4 is 42.3 Å². The molecular weight excluding hydrogens is 468 g/mol. The molecule has 0 radical (unpaired) electrons. The molecule has 8 N–H and O–H groups in total. The number of rotatable bonds is 13. The first kappa shape index (κ1) is 28.7. The average molecular weight is 499 g/mol. The summed E-state index contributed by atoms with van der Waals surface area (Å²) in [6.07, 6.45) is -0.846. The summed E-state index contributed by atoms with van der Waals surface area (Å²) in [7, 11) is 0. The van der Waals surface area contributed by atoms with Gasteiger partial charge >= 0.3 is 11.9 Å². The highest BCUT2D eigenvalue weighted by molar-refractivity contribution is 7.80. The van der Waals surface area contributed by atoms with Gasteiger partial charge in [-0.15, -0.1) is 0 Å². The molecule has 12 nitrogen and oxygen atoms in total. The Morgan fingerprint density at radius 3 is 1.94 bits per heavy atom. The van der Waals surface area contributed by atoms with Crippen LogP contribution in [-0.2, 0) is 30.4 Å². The van der Waals surface area contributed by atoms with E-state index in [1.165, 1.54) is 24.3 Å². The Morgan fingerprint density at radius 2 is 1.47 bits per heavy atom. The van der Waals surface area contributed by atoms with Gasteiger partial charge in [0, 0.05) is 12.2 Å². The van der Waals surface area contributed by atoms with Gasteiger partial charge < -0.3 is 37.0 Å². The molecule has 0 aliphatic rings. The van der Waals surface area contributed by atoms with Gasteiger partial charge in [-0.1, -0.05) is 26.0 Å². The third kappa shape index (κ3) is 9.27. The summed E-state index contributed by atoms with van der Waals surface area (Å²) in [5.74, 6) is -5.77. The molecule has 3 amide bonds. The number of hydrogen-bond donors (Lipinski definition) is 8. The van der Waals surface area contributed by atoms with Crippen molar-refractivity contribution in [2.24, 2.45) is 11.7 Å². The molecule has 1 aromatic carbocycles. The summed E-state index contributed by atoms with van der Waals surface area (Å²) < 4.78 is 0. The summed E-state index contributed by atoms with van der Waals surface area (Å²) in [4.78, 5) is 60.4. The first-order valence-electron chi connectivity index (χ1n) is 10.4. The molecule has 0 saturated heterocycles. The largest absolute Gasteiger partial charge is 0.508 e. The van der Waals surface area contributed by atoms with Crippen LogP contribution in [0.25, 0.3) is 0 Å². The fourth-order valence-electron chi connectivity index (χ4n) is 2.86. The number of carboxylic acid groups (broad SMARTS) is 2. The van der Waals surface area contributed by atoms with Crippen LogP contribution in [-0.4, -0.2) is 74.9 Å². The molecule has 1 aromatic rings. The number of aliphatic carboxylic acids is 2. The number of nitrogens with two attached hydrogens (primary N) is 1. The molecule has 0 heterocycles. The maximum atomic E-state index is 12.8. The van der Waals surface area contributed by atoms with Crippen LogP contribution in [0.5, 0.6) is 5.75 Å². The van der Waals surface area contributed by atoms with Crippen molar-refractivity contribution < 1.29 is 39.3 Å². The highest BCUT2D eigenvalue weighted by Crippen LogP contribution is 2.12. The molecule has 0 saturated carbocycles. The van der Waals surface area contributed by atoms with Crippen molar-refractivity contribution in [1.29, 1.82) is 0 Å². The van der Waals surface area contributed by atoms with Crippen molar-refractivity contribution in [3.63, 3.8) is 0 Å². The third-order valence-corrected chi connectivity index (χ3v) is 5.18. The first-order chi connectivity index (χ1) is 15.8. The molecule has 4 atom stereocenters. The standard InChI is InChI=1S/C21H30N4O8S/c1-10(2)17(25-19(30)14(8-16(27)28)23-18(29)13(22)9-34)20(31)24-15(21(32)33)7-11-3-5-12(26)6-4-11/h3-6,10,13-15,17,26,34H,7-9,22H2,1-2H3,(H,23,29)(H,24,31)(H,25,30)(H,27,28)(H,32,33)/t13-,14-,15-,17-/m0/s1. The van der Waals surface area contributed by atoms with Gasteiger partial charge in [-0.25, -0.2) is 4.79 Å². The number of carbonyl (C=O) groups excluding carboxylic acids is 3. The minimum Gasteiger partial charge on any atom is -0.508 e. The van der Waals surface area contributed by atoms with E-state index in [0.29, 0.717) is 5.56 Å². The van der Waals surface area contributed by atoms with Gasteiger partial charge in [-0.2, -0.15) is 12.6 Å². The summed E-state index contributed by atoms with van der Waals surface area (Å²) in [5.41, 5.74) is 6.09. The highest BCUT2D eigenvalue weighted by atomic mass is 32.1. The molecule has 0 aliphatic heterocycles.